The average Bonchev–Trinajstić information content (AvgIpc) is 2.56. The molecule has 0 aliphatic carbocycles. The van der Waals surface area contributed by atoms with Crippen LogP contribution in [0.1, 0.15) is 45.2 Å². The van der Waals surface area contributed by atoms with Crippen LogP contribution in [0.5, 0.6) is 0 Å². The van der Waals surface area contributed by atoms with Crippen molar-refractivity contribution in [2.75, 3.05) is 0 Å². The van der Waals surface area contributed by atoms with Crippen LogP contribution < -0.4 is 11.3 Å². The summed E-state index contributed by atoms with van der Waals surface area (Å²) >= 11 is 0. The quantitative estimate of drug-likeness (QED) is 0.575. The van der Waals surface area contributed by atoms with Crippen LogP contribution in [-0.4, -0.2) is 0 Å². The molecule has 14 heavy (non-hydrogen) atoms. The van der Waals surface area contributed by atoms with Crippen molar-refractivity contribution < 1.29 is 4.42 Å². The molecule has 3 nitrogen and oxygen atoms in total. The molecular formula is C11H20N2O. The van der Waals surface area contributed by atoms with Crippen molar-refractivity contribution in [2.45, 2.75) is 39.7 Å². The number of rotatable bonds is 4. The van der Waals surface area contributed by atoms with Gasteiger partial charge in [0.25, 0.3) is 0 Å². The molecular weight excluding hydrogens is 176 g/mol. The fourth-order valence-electron chi connectivity index (χ4n) is 1.40. The average molecular weight is 196 g/mol. The van der Waals surface area contributed by atoms with Crippen molar-refractivity contribution in [3.8, 4) is 0 Å². The van der Waals surface area contributed by atoms with Gasteiger partial charge in [-0.15, -0.1) is 0 Å². The lowest BCUT2D eigenvalue weighted by Crippen LogP contribution is -2.28. The number of hydrazine groups is 1. The third-order valence-electron chi connectivity index (χ3n) is 2.33. The van der Waals surface area contributed by atoms with E-state index in [1.165, 1.54) is 0 Å². The summed E-state index contributed by atoms with van der Waals surface area (Å²) in [7, 11) is 0. The topological polar surface area (TPSA) is 51.2 Å². The molecule has 1 rings (SSSR count). The van der Waals surface area contributed by atoms with Crippen molar-refractivity contribution in [1.82, 2.24) is 5.43 Å². The molecule has 3 N–H and O–H groups in total. The lowest BCUT2D eigenvalue weighted by molar-refractivity contribution is 0.332. The van der Waals surface area contributed by atoms with Gasteiger partial charge in [0.1, 0.15) is 0 Å². The van der Waals surface area contributed by atoms with E-state index < -0.39 is 0 Å². The summed E-state index contributed by atoms with van der Waals surface area (Å²) in [6, 6.07) is 2.15. The number of hydrogen-bond acceptors (Lipinski definition) is 3. The first-order valence-electron chi connectivity index (χ1n) is 5.01. The van der Waals surface area contributed by atoms with E-state index in [0.29, 0.717) is 5.41 Å². The van der Waals surface area contributed by atoms with Gasteiger partial charge >= 0.3 is 0 Å². The molecule has 1 atom stereocenters. The minimum Gasteiger partial charge on any atom is -0.472 e. The molecule has 1 heterocycles. The van der Waals surface area contributed by atoms with Gasteiger partial charge in [-0.3, -0.25) is 11.3 Å². The maximum atomic E-state index is 5.50. The van der Waals surface area contributed by atoms with Crippen LogP contribution in [0.15, 0.2) is 23.0 Å². The Balaban J connectivity index is 2.49. The highest BCUT2D eigenvalue weighted by Gasteiger charge is 2.16. The summed E-state index contributed by atoms with van der Waals surface area (Å²) in [6.45, 7) is 6.70. The van der Waals surface area contributed by atoms with E-state index in [-0.39, 0.29) is 6.04 Å². The van der Waals surface area contributed by atoms with Crippen molar-refractivity contribution in [2.24, 2.45) is 11.3 Å². The van der Waals surface area contributed by atoms with Crippen LogP contribution in [-0.2, 0) is 0 Å². The second-order valence-electron chi connectivity index (χ2n) is 4.88. The molecule has 0 saturated heterocycles. The van der Waals surface area contributed by atoms with Gasteiger partial charge in [-0.05, 0) is 24.3 Å². The Morgan fingerprint density at radius 1 is 1.50 bits per heavy atom. The van der Waals surface area contributed by atoms with Crippen LogP contribution in [0, 0.1) is 5.41 Å². The normalized spacial score (nSPS) is 14.3. The van der Waals surface area contributed by atoms with E-state index in [0.717, 1.165) is 18.4 Å². The van der Waals surface area contributed by atoms with Gasteiger partial charge in [-0.1, -0.05) is 20.8 Å². The zero-order valence-corrected chi connectivity index (χ0v) is 9.21. The summed E-state index contributed by atoms with van der Waals surface area (Å²) < 4.78 is 5.03. The molecule has 0 spiro atoms. The van der Waals surface area contributed by atoms with E-state index in [1.807, 2.05) is 6.07 Å². The van der Waals surface area contributed by atoms with Gasteiger partial charge in [0.05, 0.1) is 12.5 Å². The fraction of sp³-hybridized carbons (Fsp3) is 0.636. The Labute approximate surface area is 85.6 Å². The molecule has 0 saturated carbocycles. The number of nitrogens with one attached hydrogen (secondary N) is 1. The van der Waals surface area contributed by atoms with E-state index in [4.69, 9.17) is 10.3 Å². The second kappa shape index (κ2) is 4.62. The zero-order chi connectivity index (χ0) is 10.6. The largest absolute Gasteiger partial charge is 0.472 e. The Morgan fingerprint density at radius 2 is 2.21 bits per heavy atom. The van der Waals surface area contributed by atoms with Crippen LogP contribution >= 0.6 is 0 Å². The maximum Gasteiger partial charge on any atom is 0.0950 e. The monoisotopic (exact) mass is 196 g/mol. The van der Waals surface area contributed by atoms with Crippen molar-refractivity contribution >= 4 is 0 Å². The van der Waals surface area contributed by atoms with Gasteiger partial charge in [0.2, 0.25) is 0 Å². The van der Waals surface area contributed by atoms with E-state index in [2.05, 4.69) is 26.2 Å². The van der Waals surface area contributed by atoms with Crippen molar-refractivity contribution in [3.05, 3.63) is 24.2 Å². The lowest BCUT2D eigenvalue weighted by Gasteiger charge is -2.21. The first-order chi connectivity index (χ1) is 6.53. The highest BCUT2D eigenvalue weighted by Crippen LogP contribution is 2.26. The summed E-state index contributed by atoms with van der Waals surface area (Å²) in [5.74, 6) is 5.50. The zero-order valence-electron chi connectivity index (χ0n) is 9.21. The lowest BCUT2D eigenvalue weighted by atomic mass is 9.88. The summed E-state index contributed by atoms with van der Waals surface area (Å²) in [5.41, 5.74) is 4.29. The molecule has 1 aromatic rings. The molecule has 0 aliphatic rings. The molecule has 0 aromatic carbocycles. The molecule has 0 amide bonds. The SMILES string of the molecule is CC(C)(C)CCC(NN)c1ccoc1. The first-order valence-corrected chi connectivity index (χ1v) is 5.01. The molecule has 0 fully saturated rings. The molecule has 0 aliphatic heterocycles. The smallest absolute Gasteiger partial charge is 0.0950 e. The highest BCUT2D eigenvalue weighted by molar-refractivity contribution is 5.10. The van der Waals surface area contributed by atoms with Gasteiger partial charge in [-0.2, -0.15) is 0 Å². The Kier molecular flexibility index (Phi) is 3.72. The Morgan fingerprint density at radius 3 is 2.64 bits per heavy atom. The van der Waals surface area contributed by atoms with Gasteiger partial charge in [0.15, 0.2) is 0 Å². The molecule has 0 bridgehead atoms. The molecule has 3 heteroatoms. The van der Waals surface area contributed by atoms with Crippen LogP contribution in [0.25, 0.3) is 0 Å². The first kappa shape index (κ1) is 11.3. The van der Waals surface area contributed by atoms with Crippen LogP contribution in [0.4, 0.5) is 0 Å². The highest BCUT2D eigenvalue weighted by atomic mass is 16.3. The third-order valence-corrected chi connectivity index (χ3v) is 2.33. The van der Waals surface area contributed by atoms with E-state index in [1.54, 1.807) is 12.5 Å². The van der Waals surface area contributed by atoms with E-state index in [9.17, 15) is 0 Å². The molecule has 1 aromatic heterocycles. The van der Waals surface area contributed by atoms with Crippen LogP contribution in [0.3, 0.4) is 0 Å². The van der Waals surface area contributed by atoms with Gasteiger partial charge in [0, 0.05) is 11.6 Å². The third kappa shape index (κ3) is 3.52. The number of nitrogens with two attached hydrogens (primary N) is 1. The minimum atomic E-state index is 0.202. The summed E-state index contributed by atoms with van der Waals surface area (Å²) in [6.07, 6.45) is 5.58. The number of furan rings is 1. The molecule has 0 radical (unpaired) electrons. The van der Waals surface area contributed by atoms with Crippen LogP contribution in [0.2, 0.25) is 0 Å². The Hall–Kier alpha value is -0.800. The maximum absolute atomic E-state index is 5.50. The van der Waals surface area contributed by atoms with E-state index >= 15 is 0 Å². The predicted octanol–water partition coefficient (Wildman–Crippen LogP) is 2.61. The molecule has 1 unspecified atom stereocenters. The molecule has 80 valence electrons. The fourth-order valence-corrected chi connectivity index (χ4v) is 1.40. The predicted molar refractivity (Wildman–Crippen MR) is 57.5 cm³/mol. The Bertz CT molecular complexity index is 249. The van der Waals surface area contributed by atoms with Gasteiger partial charge < -0.3 is 4.42 Å². The summed E-state index contributed by atoms with van der Waals surface area (Å²) in [5, 5.41) is 0. The second-order valence-corrected chi connectivity index (χ2v) is 4.88. The van der Waals surface area contributed by atoms with Crippen molar-refractivity contribution in [1.29, 1.82) is 0 Å². The standard InChI is InChI=1S/C11H20N2O/c1-11(2,3)6-4-10(13-12)9-5-7-14-8-9/h5,7-8,10,13H,4,6,12H2,1-3H3. The van der Waals surface area contributed by atoms with Gasteiger partial charge in [-0.25, -0.2) is 0 Å². The van der Waals surface area contributed by atoms with Crippen molar-refractivity contribution in [3.63, 3.8) is 0 Å². The number of hydrogen-bond donors (Lipinski definition) is 2. The minimum absolute atomic E-state index is 0.202. The summed E-state index contributed by atoms with van der Waals surface area (Å²) in [4.78, 5) is 0.